The average Bonchev–Trinajstić information content (AvgIpc) is 3.07. The number of nitrogens with one attached hydrogen (secondary N) is 1. The average molecular weight is 319 g/mol. The molecule has 0 aromatic carbocycles. The molecule has 0 atom stereocenters. The molecule has 23 heavy (non-hydrogen) atoms. The highest BCUT2D eigenvalue weighted by atomic mass is 16.5. The first-order chi connectivity index (χ1) is 11.2. The number of urea groups is 1. The number of rotatable bonds is 4. The fourth-order valence-electron chi connectivity index (χ4n) is 3.18. The zero-order valence-electron chi connectivity index (χ0n) is 13.4. The highest BCUT2D eigenvalue weighted by molar-refractivity contribution is 5.74. The Hall–Kier alpha value is -1.82. The molecule has 1 saturated heterocycles. The van der Waals surface area contributed by atoms with Gasteiger partial charge >= 0.3 is 6.03 Å². The van der Waals surface area contributed by atoms with E-state index in [-0.39, 0.29) is 18.2 Å². The number of likely N-dealkylation sites (tertiary alicyclic amines) is 1. The zero-order valence-corrected chi connectivity index (χ0v) is 13.4. The summed E-state index contributed by atoms with van der Waals surface area (Å²) >= 11 is 0. The largest absolute Gasteiger partial charge is 0.474 e. The van der Waals surface area contributed by atoms with Crippen molar-refractivity contribution in [2.45, 2.75) is 57.3 Å². The number of amides is 2. The van der Waals surface area contributed by atoms with Gasteiger partial charge in [-0.2, -0.15) is 0 Å². The van der Waals surface area contributed by atoms with Crippen LogP contribution in [0, 0.1) is 0 Å². The van der Waals surface area contributed by atoms with E-state index in [1.807, 2.05) is 12.1 Å². The Labute approximate surface area is 136 Å². The normalized spacial score (nSPS) is 19.8. The number of carbonyl (C=O) groups is 1. The molecule has 0 unspecified atom stereocenters. The highest BCUT2D eigenvalue weighted by Gasteiger charge is 2.22. The molecule has 1 aliphatic heterocycles. The van der Waals surface area contributed by atoms with Gasteiger partial charge in [-0.05, 0) is 44.6 Å². The van der Waals surface area contributed by atoms with E-state index < -0.39 is 0 Å². The number of aromatic nitrogens is 1. The van der Waals surface area contributed by atoms with Crippen molar-refractivity contribution >= 4 is 6.03 Å². The van der Waals surface area contributed by atoms with Crippen LogP contribution in [0.4, 0.5) is 4.79 Å². The molecule has 6 nitrogen and oxygen atoms in total. The molecule has 2 fully saturated rings. The van der Waals surface area contributed by atoms with Gasteiger partial charge in [0.05, 0.1) is 6.10 Å². The number of pyridine rings is 1. The summed E-state index contributed by atoms with van der Waals surface area (Å²) in [5, 5.41) is 12.4. The summed E-state index contributed by atoms with van der Waals surface area (Å²) in [4.78, 5) is 18.3. The molecule has 1 aliphatic carbocycles. The van der Waals surface area contributed by atoms with E-state index in [1.165, 1.54) is 12.8 Å². The van der Waals surface area contributed by atoms with Crippen LogP contribution in [0.2, 0.25) is 0 Å². The number of piperidine rings is 1. The Morgan fingerprint density at radius 1 is 1.30 bits per heavy atom. The summed E-state index contributed by atoms with van der Waals surface area (Å²) in [7, 11) is 0. The minimum Gasteiger partial charge on any atom is -0.474 e. The van der Waals surface area contributed by atoms with E-state index in [1.54, 1.807) is 11.1 Å². The fourth-order valence-corrected chi connectivity index (χ4v) is 3.18. The second kappa shape index (κ2) is 7.64. The molecule has 2 amide bonds. The van der Waals surface area contributed by atoms with Crippen molar-refractivity contribution in [1.82, 2.24) is 15.2 Å². The van der Waals surface area contributed by atoms with Gasteiger partial charge in [0.1, 0.15) is 6.10 Å². The molecule has 1 saturated carbocycles. The van der Waals surface area contributed by atoms with Crippen molar-refractivity contribution in [3.8, 4) is 5.88 Å². The quantitative estimate of drug-likeness (QED) is 0.891. The third kappa shape index (κ3) is 4.34. The van der Waals surface area contributed by atoms with Gasteiger partial charge in [-0.3, -0.25) is 0 Å². The topological polar surface area (TPSA) is 74.7 Å². The van der Waals surface area contributed by atoms with Gasteiger partial charge < -0.3 is 20.1 Å². The second-order valence-electron chi connectivity index (χ2n) is 6.37. The first-order valence-electron chi connectivity index (χ1n) is 8.54. The highest BCUT2D eigenvalue weighted by Crippen LogP contribution is 2.25. The lowest BCUT2D eigenvalue weighted by molar-refractivity contribution is 0.0935. The van der Waals surface area contributed by atoms with E-state index in [9.17, 15) is 9.90 Å². The van der Waals surface area contributed by atoms with E-state index in [0.717, 1.165) is 18.4 Å². The van der Waals surface area contributed by atoms with Crippen LogP contribution in [0.25, 0.3) is 0 Å². The lowest BCUT2D eigenvalue weighted by Crippen LogP contribution is -2.45. The fraction of sp³-hybridized carbons (Fsp3) is 0.647. The number of hydrogen-bond acceptors (Lipinski definition) is 4. The van der Waals surface area contributed by atoms with Crippen LogP contribution in [0.3, 0.4) is 0 Å². The molecule has 2 heterocycles. The second-order valence-corrected chi connectivity index (χ2v) is 6.37. The third-order valence-corrected chi connectivity index (χ3v) is 4.61. The number of aliphatic hydroxyl groups is 1. The van der Waals surface area contributed by atoms with Gasteiger partial charge in [-0.1, -0.05) is 6.07 Å². The zero-order chi connectivity index (χ0) is 16.1. The third-order valence-electron chi connectivity index (χ3n) is 4.61. The molecule has 2 N–H and O–H groups in total. The van der Waals surface area contributed by atoms with Crippen LogP contribution in [0.15, 0.2) is 18.3 Å². The lowest BCUT2D eigenvalue weighted by Gasteiger charge is -2.29. The molecule has 2 aliphatic rings. The molecular weight excluding hydrogens is 294 g/mol. The Morgan fingerprint density at radius 2 is 2.04 bits per heavy atom. The van der Waals surface area contributed by atoms with Crippen LogP contribution >= 0.6 is 0 Å². The SMILES string of the molecule is O=C(NCc1cccnc1OC1CCCC1)N1CCC(O)CC1. The van der Waals surface area contributed by atoms with E-state index >= 15 is 0 Å². The van der Waals surface area contributed by atoms with Gasteiger partial charge in [0.15, 0.2) is 0 Å². The molecule has 6 heteroatoms. The Morgan fingerprint density at radius 3 is 2.78 bits per heavy atom. The van der Waals surface area contributed by atoms with E-state index in [0.29, 0.717) is 38.4 Å². The number of carbonyl (C=O) groups excluding carboxylic acids is 1. The Kier molecular flexibility index (Phi) is 5.33. The first kappa shape index (κ1) is 16.1. The predicted molar refractivity (Wildman–Crippen MR) is 86.2 cm³/mol. The number of nitrogens with zero attached hydrogens (tertiary/aromatic N) is 2. The molecular formula is C17H25N3O3. The maximum absolute atomic E-state index is 12.2. The van der Waals surface area contributed by atoms with Gasteiger partial charge in [-0.15, -0.1) is 0 Å². The number of aliphatic hydroxyl groups excluding tert-OH is 1. The first-order valence-corrected chi connectivity index (χ1v) is 8.54. The van der Waals surface area contributed by atoms with Crippen LogP contribution in [-0.4, -0.2) is 46.3 Å². The predicted octanol–water partition coefficient (Wildman–Crippen LogP) is 2.07. The molecule has 3 rings (SSSR count). The molecule has 0 radical (unpaired) electrons. The number of ether oxygens (including phenoxy) is 1. The smallest absolute Gasteiger partial charge is 0.317 e. The molecule has 0 spiro atoms. The van der Waals surface area contributed by atoms with Crippen molar-refractivity contribution in [2.75, 3.05) is 13.1 Å². The molecule has 0 bridgehead atoms. The van der Waals surface area contributed by atoms with Crippen molar-refractivity contribution < 1.29 is 14.6 Å². The summed E-state index contributed by atoms with van der Waals surface area (Å²) in [5.41, 5.74) is 0.907. The van der Waals surface area contributed by atoms with Crippen molar-refractivity contribution in [2.24, 2.45) is 0 Å². The van der Waals surface area contributed by atoms with Crippen molar-refractivity contribution in [3.63, 3.8) is 0 Å². The number of hydrogen-bond donors (Lipinski definition) is 2. The van der Waals surface area contributed by atoms with E-state index in [4.69, 9.17) is 4.74 Å². The minimum atomic E-state index is -0.274. The van der Waals surface area contributed by atoms with Crippen molar-refractivity contribution in [1.29, 1.82) is 0 Å². The van der Waals surface area contributed by atoms with Crippen LogP contribution in [0.5, 0.6) is 5.88 Å². The lowest BCUT2D eigenvalue weighted by atomic mass is 10.1. The summed E-state index contributed by atoms with van der Waals surface area (Å²) in [6.45, 7) is 1.62. The van der Waals surface area contributed by atoms with Crippen molar-refractivity contribution in [3.05, 3.63) is 23.9 Å². The van der Waals surface area contributed by atoms with Gasteiger partial charge in [0, 0.05) is 31.4 Å². The van der Waals surface area contributed by atoms with Gasteiger partial charge in [0.25, 0.3) is 0 Å². The van der Waals surface area contributed by atoms with Gasteiger partial charge in [0.2, 0.25) is 5.88 Å². The van der Waals surface area contributed by atoms with E-state index in [2.05, 4.69) is 10.3 Å². The minimum absolute atomic E-state index is 0.0902. The monoisotopic (exact) mass is 319 g/mol. The summed E-state index contributed by atoms with van der Waals surface area (Å²) in [5.74, 6) is 0.633. The summed E-state index contributed by atoms with van der Waals surface area (Å²) < 4.78 is 5.99. The Bertz CT molecular complexity index is 524. The van der Waals surface area contributed by atoms with Crippen LogP contribution in [-0.2, 0) is 6.54 Å². The standard InChI is InChI=1S/C17H25N3O3/c21-14-7-10-20(11-8-14)17(22)19-12-13-4-3-9-18-16(13)23-15-5-1-2-6-15/h3-4,9,14-15,21H,1-2,5-8,10-12H2,(H,19,22). The van der Waals surface area contributed by atoms with Crippen LogP contribution in [0.1, 0.15) is 44.1 Å². The molecule has 1 aromatic heterocycles. The summed E-state index contributed by atoms with van der Waals surface area (Å²) in [6, 6.07) is 3.71. The van der Waals surface area contributed by atoms with Gasteiger partial charge in [-0.25, -0.2) is 9.78 Å². The van der Waals surface area contributed by atoms with Crippen LogP contribution < -0.4 is 10.1 Å². The molecule has 126 valence electrons. The Balaban J connectivity index is 1.54. The molecule has 1 aromatic rings. The maximum atomic E-state index is 12.2. The summed E-state index contributed by atoms with van der Waals surface area (Å²) in [6.07, 6.45) is 7.59. The maximum Gasteiger partial charge on any atom is 0.317 e.